The lowest BCUT2D eigenvalue weighted by molar-refractivity contribution is 0.0942. The molecule has 27 heavy (non-hydrogen) atoms. The third-order valence-electron chi connectivity index (χ3n) is 3.61. The Morgan fingerprint density at radius 3 is 2.63 bits per heavy atom. The second-order valence-corrected chi connectivity index (χ2v) is 5.66. The average molecular weight is 368 g/mol. The van der Waals surface area contributed by atoms with Crippen LogP contribution in [0.2, 0.25) is 0 Å². The largest absolute Gasteiger partial charge is 0.497 e. The molecule has 0 saturated carbocycles. The summed E-state index contributed by atoms with van der Waals surface area (Å²) in [6.07, 6.45) is 1.55. The molecular weight excluding hydrogens is 348 g/mol. The van der Waals surface area contributed by atoms with Crippen molar-refractivity contribution in [1.29, 1.82) is 0 Å². The average Bonchev–Trinajstić information content (AvgIpc) is 3.10. The first kappa shape index (κ1) is 18.2. The number of amides is 1. The number of rotatable bonds is 8. The summed E-state index contributed by atoms with van der Waals surface area (Å²) < 4.78 is 15.7. The minimum absolute atomic E-state index is 0.284. The Morgan fingerprint density at radius 2 is 1.93 bits per heavy atom. The van der Waals surface area contributed by atoms with Gasteiger partial charge >= 0.3 is 0 Å². The van der Waals surface area contributed by atoms with E-state index in [1.807, 2.05) is 24.3 Å². The van der Waals surface area contributed by atoms with Crippen LogP contribution in [0.4, 0.5) is 11.5 Å². The second-order valence-electron chi connectivity index (χ2n) is 5.66. The number of carbonyl (C=O) groups is 1. The van der Waals surface area contributed by atoms with Crippen molar-refractivity contribution in [2.75, 3.05) is 25.6 Å². The lowest BCUT2D eigenvalue weighted by atomic mass is 10.3. The molecule has 2 aromatic heterocycles. The zero-order chi connectivity index (χ0) is 19.1. The first-order valence-electron chi connectivity index (χ1n) is 8.35. The van der Waals surface area contributed by atoms with E-state index in [9.17, 15) is 4.79 Å². The van der Waals surface area contributed by atoms with Crippen LogP contribution in [0, 0.1) is 6.92 Å². The molecule has 0 aliphatic heterocycles. The third-order valence-corrected chi connectivity index (χ3v) is 3.61. The molecule has 0 aliphatic carbocycles. The number of benzene rings is 1. The van der Waals surface area contributed by atoms with E-state index < -0.39 is 0 Å². The minimum Gasteiger partial charge on any atom is -0.497 e. The number of anilines is 2. The Hall–Kier alpha value is -3.55. The van der Waals surface area contributed by atoms with E-state index in [1.54, 1.807) is 38.4 Å². The van der Waals surface area contributed by atoms with Crippen LogP contribution >= 0.6 is 0 Å². The van der Waals surface area contributed by atoms with E-state index in [4.69, 9.17) is 14.0 Å². The predicted molar refractivity (Wildman–Crippen MR) is 99.6 cm³/mol. The number of nitrogens with zero attached hydrogens (tertiary/aromatic N) is 2. The monoisotopic (exact) mass is 368 g/mol. The van der Waals surface area contributed by atoms with Crippen molar-refractivity contribution in [3.63, 3.8) is 0 Å². The molecule has 1 amide bonds. The highest BCUT2D eigenvalue weighted by Crippen LogP contribution is 2.17. The van der Waals surface area contributed by atoms with Crippen molar-refractivity contribution in [2.45, 2.75) is 6.92 Å². The van der Waals surface area contributed by atoms with Gasteiger partial charge in [0.15, 0.2) is 5.82 Å². The molecular formula is C19H20N4O4. The highest BCUT2D eigenvalue weighted by molar-refractivity contribution is 5.93. The fraction of sp³-hybridized carbons (Fsp3) is 0.211. The number of hydrogen-bond acceptors (Lipinski definition) is 7. The number of pyridine rings is 1. The molecule has 0 radical (unpaired) electrons. The normalized spacial score (nSPS) is 10.3. The molecule has 8 nitrogen and oxygen atoms in total. The van der Waals surface area contributed by atoms with Gasteiger partial charge in [0.05, 0.1) is 13.7 Å². The van der Waals surface area contributed by atoms with Gasteiger partial charge in [-0.05, 0) is 43.3 Å². The van der Waals surface area contributed by atoms with Gasteiger partial charge in [-0.25, -0.2) is 0 Å². The van der Waals surface area contributed by atoms with E-state index >= 15 is 0 Å². The zero-order valence-corrected chi connectivity index (χ0v) is 15.1. The van der Waals surface area contributed by atoms with E-state index in [-0.39, 0.29) is 5.91 Å². The number of aryl methyl sites for hydroxylation is 1. The number of ether oxygens (including phenoxy) is 2. The molecule has 0 spiro atoms. The summed E-state index contributed by atoms with van der Waals surface area (Å²) in [4.78, 5) is 16.3. The van der Waals surface area contributed by atoms with E-state index in [0.29, 0.717) is 41.9 Å². The van der Waals surface area contributed by atoms with Crippen LogP contribution in [0.15, 0.2) is 53.2 Å². The van der Waals surface area contributed by atoms with Crippen molar-refractivity contribution >= 4 is 17.4 Å². The Labute approximate surface area is 156 Å². The summed E-state index contributed by atoms with van der Waals surface area (Å²) in [7, 11) is 1.61. The third kappa shape index (κ3) is 5.21. The van der Waals surface area contributed by atoms with E-state index in [2.05, 4.69) is 20.8 Å². The molecule has 0 saturated heterocycles. The fourth-order valence-electron chi connectivity index (χ4n) is 2.30. The SMILES string of the molecule is COc1ccc(OCCNC(=O)c2cc(Nc3cc(C)on3)ccn2)cc1. The molecule has 0 unspecified atom stereocenters. The van der Waals surface area contributed by atoms with E-state index in [0.717, 1.165) is 5.75 Å². The molecule has 3 rings (SSSR count). The van der Waals surface area contributed by atoms with Crippen LogP contribution in [0.5, 0.6) is 11.5 Å². The summed E-state index contributed by atoms with van der Waals surface area (Å²) in [6, 6.07) is 12.4. The standard InChI is InChI=1S/C19H20N4O4/c1-13-11-18(23-27-13)22-14-7-8-20-17(12-14)19(24)21-9-10-26-16-5-3-15(25-2)4-6-16/h3-8,11-12H,9-10H2,1-2H3,(H,21,24)(H,20,22,23). The molecule has 0 bridgehead atoms. The van der Waals surface area contributed by atoms with Gasteiger partial charge < -0.3 is 24.6 Å². The summed E-state index contributed by atoms with van der Waals surface area (Å²) in [5.74, 6) is 2.45. The van der Waals surface area contributed by atoms with Gasteiger partial charge in [0, 0.05) is 18.0 Å². The molecule has 2 heterocycles. The van der Waals surface area contributed by atoms with Crippen molar-refractivity contribution in [3.8, 4) is 11.5 Å². The summed E-state index contributed by atoms with van der Waals surface area (Å²) in [5, 5.41) is 9.69. The number of hydrogen-bond donors (Lipinski definition) is 2. The van der Waals surface area contributed by atoms with Gasteiger partial charge in [0.1, 0.15) is 29.6 Å². The lowest BCUT2D eigenvalue weighted by Crippen LogP contribution is -2.28. The van der Waals surface area contributed by atoms with Crippen LogP contribution in [0.25, 0.3) is 0 Å². The summed E-state index contributed by atoms with van der Waals surface area (Å²) in [6.45, 7) is 2.50. The minimum atomic E-state index is -0.284. The lowest BCUT2D eigenvalue weighted by Gasteiger charge is -2.09. The van der Waals surface area contributed by atoms with Crippen molar-refractivity contribution < 1.29 is 18.8 Å². The molecule has 0 aliphatic rings. The zero-order valence-electron chi connectivity index (χ0n) is 15.1. The van der Waals surface area contributed by atoms with Gasteiger partial charge in [-0.3, -0.25) is 9.78 Å². The fourth-order valence-corrected chi connectivity index (χ4v) is 2.30. The maximum Gasteiger partial charge on any atom is 0.270 e. The molecule has 1 aromatic carbocycles. The maximum absolute atomic E-state index is 12.2. The first-order chi connectivity index (χ1) is 13.1. The van der Waals surface area contributed by atoms with Gasteiger partial charge in [0.2, 0.25) is 0 Å². The molecule has 3 aromatic rings. The highest BCUT2D eigenvalue weighted by Gasteiger charge is 2.09. The molecule has 140 valence electrons. The summed E-state index contributed by atoms with van der Waals surface area (Å²) in [5.41, 5.74) is 0.989. The number of nitrogens with one attached hydrogen (secondary N) is 2. The Morgan fingerprint density at radius 1 is 1.15 bits per heavy atom. The molecule has 0 atom stereocenters. The molecule has 0 fully saturated rings. The summed E-state index contributed by atoms with van der Waals surface area (Å²) >= 11 is 0. The van der Waals surface area contributed by atoms with E-state index in [1.165, 1.54) is 0 Å². The van der Waals surface area contributed by atoms with Gasteiger partial charge in [-0.15, -0.1) is 0 Å². The Kier molecular flexibility index (Phi) is 5.88. The van der Waals surface area contributed by atoms with Crippen molar-refractivity contribution in [2.24, 2.45) is 0 Å². The van der Waals surface area contributed by atoms with Crippen LogP contribution < -0.4 is 20.1 Å². The van der Waals surface area contributed by atoms with Crippen LogP contribution in [0.1, 0.15) is 16.2 Å². The predicted octanol–water partition coefficient (Wildman–Crippen LogP) is 2.94. The number of aromatic nitrogens is 2. The quantitative estimate of drug-likeness (QED) is 0.590. The highest BCUT2D eigenvalue weighted by atomic mass is 16.5. The van der Waals surface area contributed by atoms with Crippen molar-refractivity contribution in [1.82, 2.24) is 15.5 Å². The number of methoxy groups -OCH3 is 1. The maximum atomic E-state index is 12.2. The van der Waals surface area contributed by atoms with Crippen LogP contribution in [0.3, 0.4) is 0 Å². The Bertz CT molecular complexity index is 893. The van der Waals surface area contributed by atoms with Gasteiger partial charge in [-0.2, -0.15) is 0 Å². The topological polar surface area (TPSA) is 98.5 Å². The van der Waals surface area contributed by atoms with Gasteiger partial charge in [-0.1, -0.05) is 5.16 Å². The van der Waals surface area contributed by atoms with Crippen LogP contribution in [-0.2, 0) is 0 Å². The van der Waals surface area contributed by atoms with Crippen LogP contribution in [-0.4, -0.2) is 36.3 Å². The molecule has 8 heteroatoms. The number of carbonyl (C=O) groups excluding carboxylic acids is 1. The smallest absolute Gasteiger partial charge is 0.270 e. The Balaban J connectivity index is 1.48. The first-order valence-corrected chi connectivity index (χ1v) is 8.35. The second kappa shape index (κ2) is 8.70. The van der Waals surface area contributed by atoms with Crippen molar-refractivity contribution in [3.05, 3.63) is 60.1 Å². The van der Waals surface area contributed by atoms with Gasteiger partial charge in [0.25, 0.3) is 5.91 Å². The molecule has 2 N–H and O–H groups in total.